The van der Waals surface area contributed by atoms with E-state index in [1.54, 1.807) is 12.5 Å². The van der Waals surface area contributed by atoms with Crippen molar-refractivity contribution in [3.8, 4) is 6.07 Å². The van der Waals surface area contributed by atoms with E-state index in [0.717, 1.165) is 49.6 Å². The largest absolute Gasteiger partial charge is 0.376 e. The fourth-order valence-electron chi connectivity index (χ4n) is 3.16. The van der Waals surface area contributed by atoms with Crippen LogP contribution in [-0.4, -0.2) is 39.4 Å². The van der Waals surface area contributed by atoms with Crippen molar-refractivity contribution < 1.29 is 4.74 Å². The standard InChI is InChI=1S/C15H16N6O/c16-5-11-6-19-21(7-11)12-1-3-20(8-12)15-13-9-22-4-2-14(13)17-10-18-15/h6-7,10,12H,1-4,8-9H2. The van der Waals surface area contributed by atoms with Gasteiger partial charge in [-0.15, -0.1) is 0 Å². The predicted octanol–water partition coefficient (Wildman–Crippen LogP) is 1.07. The van der Waals surface area contributed by atoms with Gasteiger partial charge < -0.3 is 9.64 Å². The van der Waals surface area contributed by atoms with Crippen LogP contribution in [0.15, 0.2) is 18.7 Å². The second kappa shape index (κ2) is 5.39. The van der Waals surface area contributed by atoms with E-state index in [4.69, 9.17) is 10.00 Å². The number of nitrogens with zero attached hydrogens (tertiary/aromatic N) is 6. The molecule has 2 aromatic rings. The van der Waals surface area contributed by atoms with Crippen molar-refractivity contribution in [2.45, 2.75) is 25.5 Å². The molecule has 1 atom stereocenters. The van der Waals surface area contributed by atoms with Crippen molar-refractivity contribution >= 4 is 5.82 Å². The maximum atomic E-state index is 8.91. The summed E-state index contributed by atoms with van der Waals surface area (Å²) >= 11 is 0. The van der Waals surface area contributed by atoms with Crippen molar-refractivity contribution in [3.63, 3.8) is 0 Å². The normalized spacial score (nSPS) is 20.7. The number of hydrogen-bond donors (Lipinski definition) is 0. The molecule has 0 N–H and O–H groups in total. The molecular formula is C15H16N6O. The van der Waals surface area contributed by atoms with Gasteiger partial charge in [0.2, 0.25) is 0 Å². The minimum Gasteiger partial charge on any atom is -0.376 e. The van der Waals surface area contributed by atoms with Gasteiger partial charge in [-0.05, 0) is 6.42 Å². The van der Waals surface area contributed by atoms with Gasteiger partial charge in [0.1, 0.15) is 18.2 Å². The third-order valence-electron chi connectivity index (χ3n) is 4.31. The zero-order chi connectivity index (χ0) is 14.9. The molecule has 7 nitrogen and oxygen atoms in total. The second-order valence-corrected chi connectivity index (χ2v) is 5.63. The van der Waals surface area contributed by atoms with Crippen molar-refractivity contribution in [2.24, 2.45) is 0 Å². The van der Waals surface area contributed by atoms with Gasteiger partial charge in [0, 0.05) is 31.3 Å². The molecule has 1 saturated heterocycles. The average Bonchev–Trinajstić information content (AvgIpc) is 3.23. The molecule has 1 fully saturated rings. The Labute approximate surface area is 128 Å². The molecule has 0 radical (unpaired) electrons. The summed E-state index contributed by atoms with van der Waals surface area (Å²) in [5.74, 6) is 0.986. The number of aromatic nitrogens is 4. The third kappa shape index (κ3) is 2.22. The van der Waals surface area contributed by atoms with Crippen LogP contribution in [0.25, 0.3) is 0 Å². The topological polar surface area (TPSA) is 79.9 Å². The third-order valence-corrected chi connectivity index (χ3v) is 4.31. The van der Waals surface area contributed by atoms with Crippen LogP contribution >= 0.6 is 0 Å². The van der Waals surface area contributed by atoms with E-state index in [1.807, 2.05) is 10.9 Å². The van der Waals surface area contributed by atoms with Crippen LogP contribution in [0.1, 0.15) is 29.3 Å². The summed E-state index contributed by atoms with van der Waals surface area (Å²) in [6.45, 7) is 3.09. The first-order valence-corrected chi connectivity index (χ1v) is 7.45. The number of rotatable bonds is 2. The zero-order valence-corrected chi connectivity index (χ0v) is 12.1. The summed E-state index contributed by atoms with van der Waals surface area (Å²) in [6, 6.07) is 2.40. The van der Waals surface area contributed by atoms with Crippen molar-refractivity contribution in [2.75, 3.05) is 24.6 Å². The van der Waals surface area contributed by atoms with Crippen LogP contribution in [0, 0.1) is 11.3 Å². The molecule has 0 bridgehead atoms. The molecule has 0 saturated carbocycles. The summed E-state index contributed by atoms with van der Waals surface area (Å²) in [7, 11) is 0. The molecule has 22 heavy (non-hydrogen) atoms. The Morgan fingerprint density at radius 3 is 3.18 bits per heavy atom. The van der Waals surface area contributed by atoms with Crippen molar-refractivity contribution in [3.05, 3.63) is 35.5 Å². The van der Waals surface area contributed by atoms with Crippen LogP contribution in [-0.2, 0) is 17.8 Å². The van der Waals surface area contributed by atoms with Gasteiger partial charge in [0.25, 0.3) is 0 Å². The molecule has 7 heteroatoms. The predicted molar refractivity (Wildman–Crippen MR) is 78.2 cm³/mol. The lowest BCUT2D eigenvalue weighted by Crippen LogP contribution is -2.26. The van der Waals surface area contributed by atoms with Crippen LogP contribution in [0.2, 0.25) is 0 Å². The first-order valence-electron chi connectivity index (χ1n) is 7.45. The monoisotopic (exact) mass is 296 g/mol. The first kappa shape index (κ1) is 13.2. The van der Waals surface area contributed by atoms with E-state index in [0.29, 0.717) is 12.2 Å². The molecule has 0 aromatic carbocycles. The highest BCUT2D eigenvalue weighted by Crippen LogP contribution is 2.30. The second-order valence-electron chi connectivity index (χ2n) is 5.63. The molecule has 4 heterocycles. The molecule has 0 aliphatic carbocycles. The number of fused-ring (bicyclic) bond motifs is 1. The van der Waals surface area contributed by atoms with Gasteiger partial charge in [0.15, 0.2) is 0 Å². The molecule has 112 valence electrons. The summed E-state index contributed by atoms with van der Waals surface area (Å²) in [6.07, 6.45) is 6.92. The van der Waals surface area contributed by atoms with Crippen molar-refractivity contribution in [1.29, 1.82) is 5.26 Å². The highest BCUT2D eigenvalue weighted by molar-refractivity contribution is 5.50. The van der Waals surface area contributed by atoms with E-state index in [-0.39, 0.29) is 6.04 Å². The lowest BCUT2D eigenvalue weighted by Gasteiger charge is -2.24. The molecule has 1 unspecified atom stereocenters. The van der Waals surface area contributed by atoms with Gasteiger partial charge in [-0.25, -0.2) is 9.97 Å². The van der Waals surface area contributed by atoms with Crippen LogP contribution in [0.5, 0.6) is 0 Å². The number of ether oxygens (including phenoxy) is 1. The van der Waals surface area contributed by atoms with Crippen LogP contribution in [0.3, 0.4) is 0 Å². The number of hydrogen-bond acceptors (Lipinski definition) is 6. The maximum absolute atomic E-state index is 8.91. The highest BCUT2D eigenvalue weighted by atomic mass is 16.5. The summed E-state index contributed by atoms with van der Waals surface area (Å²) in [4.78, 5) is 11.1. The fourth-order valence-corrected chi connectivity index (χ4v) is 3.16. The number of nitriles is 1. The van der Waals surface area contributed by atoms with Gasteiger partial charge in [-0.2, -0.15) is 10.4 Å². The lowest BCUT2D eigenvalue weighted by molar-refractivity contribution is 0.109. The van der Waals surface area contributed by atoms with Crippen LogP contribution in [0.4, 0.5) is 5.82 Å². The number of anilines is 1. The Kier molecular flexibility index (Phi) is 3.24. The van der Waals surface area contributed by atoms with Crippen LogP contribution < -0.4 is 4.90 Å². The Morgan fingerprint density at radius 1 is 1.36 bits per heavy atom. The fraction of sp³-hybridized carbons (Fsp3) is 0.467. The molecule has 2 aromatic heterocycles. The first-order chi connectivity index (χ1) is 10.8. The summed E-state index contributed by atoms with van der Waals surface area (Å²) in [5, 5.41) is 13.2. The Balaban J connectivity index is 1.57. The molecule has 0 amide bonds. The minimum absolute atomic E-state index is 0.275. The maximum Gasteiger partial charge on any atom is 0.137 e. The smallest absolute Gasteiger partial charge is 0.137 e. The summed E-state index contributed by atoms with van der Waals surface area (Å²) in [5.41, 5.74) is 2.82. The molecule has 2 aliphatic rings. The van der Waals surface area contributed by atoms with Gasteiger partial charge >= 0.3 is 0 Å². The molecule has 4 rings (SSSR count). The highest BCUT2D eigenvalue weighted by Gasteiger charge is 2.28. The van der Waals surface area contributed by atoms with E-state index < -0.39 is 0 Å². The van der Waals surface area contributed by atoms with Gasteiger partial charge in [-0.3, -0.25) is 4.68 Å². The average molecular weight is 296 g/mol. The lowest BCUT2D eigenvalue weighted by atomic mass is 10.1. The van der Waals surface area contributed by atoms with Crippen molar-refractivity contribution in [1.82, 2.24) is 19.7 Å². The zero-order valence-electron chi connectivity index (χ0n) is 12.1. The molecule has 0 spiro atoms. The molecule has 2 aliphatic heterocycles. The minimum atomic E-state index is 0.275. The van der Waals surface area contributed by atoms with E-state index in [9.17, 15) is 0 Å². The van der Waals surface area contributed by atoms with E-state index in [2.05, 4.69) is 26.0 Å². The Hall–Kier alpha value is -2.46. The van der Waals surface area contributed by atoms with E-state index in [1.165, 1.54) is 0 Å². The van der Waals surface area contributed by atoms with E-state index >= 15 is 0 Å². The van der Waals surface area contributed by atoms with Gasteiger partial charge in [0.05, 0.1) is 36.7 Å². The molecular weight excluding hydrogens is 280 g/mol. The quantitative estimate of drug-likeness (QED) is 0.824. The SMILES string of the molecule is N#Cc1cnn(C2CCN(c3ncnc4c3COCC4)C2)c1. The Morgan fingerprint density at radius 2 is 2.32 bits per heavy atom. The van der Waals surface area contributed by atoms with Gasteiger partial charge in [-0.1, -0.05) is 0 Å². The Bertz CT molecular complexity index is 734. The summed E-state index contributed by atoms with van der Waals surface area (Å²) < 4.78 is 7.46.